The Balaban J connectivity index is 2.26. The Bertz CT molecular complexity index is 673. The van der Waals surface area contributed by atoms with E-state index in [4.69, 9.17) is 0 Å². The molecule has 0 aromatic heterocycles. The average molecular weight is 383 g/mol. The fourth-order valence-electron chi connectivity index (χ4n) is 2.59. The summed E-state index contributed by atoms with van der Waals surface area (Å²) in [5.74, 6) is 0.124. The van der Waals surface area contributed by atoms with Gasteiger partial charge < -0.3 is 4.90 Å². The highest BCUT2D eigenvalue weighted by Crippen LogP contribution is 2.43. The number of hydrogen-bond acceptors (Lipinski definition) is 1. The van der Waals surface area contributed by atoms with E-state index in [-0.39, 0.29) is 5.91 Å². The summed E-state index contributed by atoms with van der Waals surface area (Å²) in [5.41, 5.74) is 1.85. The third-order valence-corrected chi connectivity index (χ3v) is 4.86. The van der Waals surface area contributed by atoms with Crippen LogP contribution in [0.5, 0.6) is 0 Å². The van der Waals surface area contributed by atoms with Crippen LogP contribution in [0.4, 0.5) is 5.69 Å². The molecule has 2 nitrogen and oxygen atoms in total. The number of anilines is 1. The maximum Gasteiger partial charge on any atom is 0.258 e. The lowest BCUT2D eigenvalue weighted by Gasteiger charge is -2.17. The minimum Gasteiger partial charge on any atom is -0.308 e. The first kappa shape index (κ1) is 13.1. The highest BCUT2D eigenvalue weighted by Gasteiger charge is 2.30. The summed E-state index contributed by atoms with van der Waals surface area (Å²) in [7, 11) is 0. The second-order valence-corrected chi connectivity index (χ2v) is 6.43. The van der Waals surface area contributed by atoms with Gasteiger partial charge in [-0.25, -0.2) is 0 Å². The second kappa shape index (κ2) is 4.91. The molecule has 0 N–H and O–H groups in total. The van der Waals surface area contributed by atoms with Crippen molar-refractivity contribution in [2.24, 2.45) is 0 Å². The average Bonchev–Trinajstić information content (AvgIpc) is 2.67. The van der Waals surface area contributed by atoms with Gasteiger partial charge in [0.15, 0.2) is 0 Å². The number of carbonyl (C=O) groups is 1. The van der Waals surface area contributed by atoms with Gasteiger partial charge in [-0.15, -0.1) is 0 Å². The summed E-state index contributed by atoms with van der Waals surface area (Å²) in [6.07, 6.45) is 2.11. The smallest absolute Gasteiger partial charge is 0.258 e. The molecular formula is C15H13Br2NO. The first-order chi connectivity index (χ1) is 9.15. The van der Waals surface area contributed by atoms with Gasteiger partial charge in [0.25, 0.3) is 5.91 Å². The molecule has 19 heavy (non-hydrogen) atoms. The number of carbonyl (C=O) groups excluding carboxylic acids is 1. The number of halogens is 2. The summed E-state index contributed by atoms with van der Waals surface area (Å²) in [6.45, 7) is 2.93. The summed E-state index contributed by atoms with van der Waals surface area (Å²) in [5, 5.41) is 2.15. The Kier molecular flexibility index (Phi) is 3.39. The van der Waals surface area contributed by atoms with Crippen LogP contribution in [0.1, 0.15) is 30.1 Å². The molecule has 3 rings (SSSR count). The Morgan fingerprint density at radius 1 is 1.05 bits per heavy atom. The molecule has 98 valence electrons. The van der Waals surface area contributed by atoms with E-state index in [1.165, 1.54) is 0 Å². The van der Waals surface area contributed by atoms with Crippen LogP contribution in [-0.4, -0.2) is 12.5 Å². The summed E-state index contributed by atoms with van der Waals surface area (Å²) >= 11 is 7.15. The number of benzene rings is 2. The molecule has 0 unspecified atom stereocenters. The van der Waals surface area contributed by atoms with Crippen molar-refractivity contribution in [2.45, 2.75) is 19.8 Å². The van der Waals surface area contributed by atoms with E-state index < -0.39 is 0 Å². The lowest BCUT2D eigenvalue weighted by Crippen LogP contribution is -2.27. The van der Waals surface area contributed by atoms with Gasteiger partial charge in [-0.3, -0.25) is 4.79 Å². The van der Waals surface area contributed by atoms with Gasteiger partial charge in [-0.1, -0.05) is 45.2 Å². The zero-order valence-corrected chi connectivity index (χ0v) is 13.7. The molecule has 0 atom stereocenters. The number of unbranched alkanes of at least 4 members (excludes halogenated alkanes) is 1. The van der Waals surface area contributed by atoms with E-state index >= 15 is 0 Å². The van der Waals surface area contributed by atoms with Crippen molar-refractivity contribution >= 4 is 54.2 Å². The fourth-order valence-corrected chi connectivity index (χ4v) is 3.95. The van der Waals surface area contributed by atoms with Crippen molar-refractivity contribution in [2.75, 3.05) is 11.4 Å². The van der Waals surface area contributed by atoms with Crippen LogP contribution < -0.4 is 4.90 Å². The molecule has 1 heterocycles. The van der Waals surface area contributed by atoms with Crippen molar-refractivity contribution in [1.82, 2.24) is 0 Å². The van der Waals surface area contributed by atoms with Crippen LogP contribution >= 0.6 is 31.9 Å². The molecular weight excluding hydrogens is 370 g/mol. The first-order valence-corrected chi connectivity index (χ1v) is 7.96. The Morgan fingerprint density at radius 3 is 2.42 bits per heavy atom. The Labute approximate surface area is 129 Å². The zero-order chi connectivity index (χ0) is 13.6. The number of amides is 1. The van der Waals surface area contributed by atoms with Gasteiger partial charge in [0.05, 0.1) is 5.69 Å². The van der Waals surface area contributed by atoms with Crippen LogP contribution in [0.25, 0.3) is 10.8 Å². The summed E-state index contributed by atoms with van der Waals surface area (Å²) < 4.78 is 2.04. The molecule has 0 spiro atoms. The normalized spacial score (nSPS) is 13.6. The fraction of sp³-hybridized carbons (Fsp3) is 0.267. The topological polar surface area (TPSA) is 20.3 Å². The predicted octanol–water partition coefficient (Wildman–Crippen LogP) is 5.13. The highest BCUT2D eigenvalue weighted by atomic mass is 79.9. The van der Waals surface area contributed by atoms with Gasteiger partial charge >= 0.3 is 0 Å². The van der Waals surface area contributed by atoms with E-state index in [2.05, 4.69) is 38.8 Å². The van der Waals surface area contributed by atoms with E-state index in [1.807, 2.05) is 29.2 Å². The van der Waals surface area contributed by atoms with Gasteiger partial charge in [0.1, 0.15) is 0 Å². The van der Waals surface area contributed by atoms with Crippen LogP contribution in [0.2, 0.25) is 0 Å². The van der Waals surface area contributed by atoms with Crippen LogP contribution in [0.15, 0.2) is 33.2 Å². The third kappa shape index (κ3) is 1.93. The first-order valence-electron chi connectivity index (χ1n) is 6.37. The van der Waals surface area contributed by atoms with E-state index in [0.29, 0.717) is 0 Å². The molecule has 1 aliphatic heterocycles. The molecule has 0 saturated carbocycles. The van der Waals surface area contributed by atoms with Gasteiger partial charge in [0, 0.05) is 31.8 Å². The summed E-state index contributed by atoms with van der Waals surface area (Å²) in [4.78, 5) is 14.4. The zero-order valence-electron chi connectivity index (χ0n) is 10.5. The van der Waals surface area contributed by atoms with Crippen molar-refractivity contribution < 1.29 is 4.79 Å². The number of hydrogen-bond donors (Lipinski definition) is 0. The largest absolute Gasteiger partial charge is 0.308 e. The maximum atomic E-state index is 12.5. The van der Waals surface area contributed by atoms with E-state index in [0.717, 1.165) is 50.4 Å². The van der Waals surface area contributed by atoms with Gasteiger partial charge in [0.2, 0.25) is 0 Å². The van der Waals surface area contributed by atoms with Crippen molar-refractivity contribution in [3.8, 4) is 0 Å². The number of rotatable bonds is 3. The predicted molar refractivity (Wildman–Crippen MR) is 85.9 cm³/mol. The monoisotopic (exact) mass is 381 g/mol. The molecule has 4 heteroatoms. The molecule has 0 saturated heterocycles. The molecule has 0 aliphatic carbocycles. The molecule has 2 aromatic carbocycles. The Morgan fingerprint density at radius 2 is 1.74 bits per heavy atom. The van der Waals surface area contributed by atoms with Crippen LogP contribution in [0, 0.1) is 0 Å². The third-order valence-electron chi connectivity index (χ3n) is 3.54. The maximum absolute atomic E-state index is 12.5. The van der Waals surface area contributed by atoms with Crippen molar-refractivity contribution in [1.29, 1.82) is 0 Å². The molecule has 0 fully saturated rings. The van der Waals surface area contributed by atoms with Gasteiger partial charge in [-0.2, -0.15) is 0 Å². The second-order valence-electron chi connectivity index (χ2n) is 4.72. The van der Waals surface area contributed by atoms with Crippen LogP contribution in [0.3, 0.4) is 0 Å². The quantitative estimate of drug-likeness (QED) is 0.720. The minimum atomic E-state index is 0.124. The lowest BCUT2D eigenvalue weighted by molar-refractivity contribution is 0.0993. The van der Waals surface area contributed by atoms with Gasteiger partial charge in [-0.05, 0) is 30.7 Å². The molecule has 2 aromatic rings. The highest BCUT2D eigenvalue weighted by molar-refractivity contribution is 9.11. The van der Waals surface area contributed by atoms with E-state index in [9.17, 15) is 4.79 Å². The lowest BCUT2D eigenvalue weighted by atomic mass is 10.1. The standard InChI is InChI=1S/C15H13Br2NO/c1-2-3-8-18-12-7-6-11(17)14-10(16)5-4-9(13(12)14)15(18)19/h4-7H,2-3,8H2,1H3. The van der Waals surface area contributed by atoms with Crippen LogP contribution in [-0.2, 0) is 0 Å². The minimum absolute atomic E-state index is 0.124. The Hall–Kier alpha value is -0.870. The summed E-state index contributed by atoms with van der Waals surface area (Å²) in [6, 6.07) is 7.91. The SMILES string of the molecule is CCCCN1C(=O)c2ccc(Br)c3c(Br)ccc1c23. The van der Waals surface area contributed by atoms with Crippen molar-refractivity contribution in [3.63, 3.8) is 0 Å². The van der Waals surface area contributed by atoms with E-state index in [1.54, 1.807) is 0 Å². The molecule has 0 radical (unpaired) electrons. The number of nitrogens with zero attached hydrogens (tertiary/aromatic N) is 1. The van der Waals surface area contributed by atoms with Crippen molar-refractivity contribution in [3.05, 3.63) is 38.8 Å². The molecule has 0 bridgehead atoms. The molecule has 1 amide bonds. The molecule has 1 aliphatic rings.